The van der Waals surface area contributed by atoms with Crippen molar-refractivity contribution in [3.05, 3.63) is 71.3 Å². The predicted octanol–water partition coefficient (Wildman–Crippen LogP) is 3.72. The van der Waals surface area contributed by atoms with Gasteiger partial charge in [-0.25, -0.2) is 13.1 Å². The maximum atomic E-state index is 12.9. The summed E-state index contributed by atoms with van der Waals surface area (Å²) in [7, 11) is -2.22. The molecule has 0 unspecified atom stereocenters. The van der Waals surface area contributed by atoms with Crippen LogP contribution in [0.1, 0.15) is 30.5 Å². The quantitative estimate of drug-likeness (QED) is 0.645. The lowest BCUT2D eigenvalue weighted by molar-refractivity contribution is -0.137. The summed E-state index contributed by atoms with van der Waals surface area (Å²) < 4.78 is 64.4. The molecule has 0 aliphatic heterocycles. The van der Waals surface area contributed by atoms with Gasteiger partial charge in [-0.1, -0.05) is 44.2 Å². The minimum atomic E-state index is -4.43. The van der Waals surface area contributed by atoms with Gasteiger partial charge in [-0.05, 0) is 42.4 Å². The third kappa shape index (κ3) is 6.17. The fraction of sp³-hybridized carbons (Fsp3) is 0.286. The van der Waals surface area contributed by atoms with Crippen LogP contribution in [0.4, 0.5) is 13.2 Å². The molecule has 162 valence electrons. The number of carbonyl (C=O) groups is 1. The summed E-state index contributed by atoms with van der Waals surface area (Å²) in [6.45, 7) is 3.62. The first-order valence-electron chi connectivity index (χ1n) is 9.02. The molecule has 0 aliphatic rings. The van der Waals surface area contributed by atoms with Gasteiger partial charge in [-0.15, -0.1) is 0 Å². The zero-order chi connectivity index (χ0) is 22.6. The van der Waals surface area contributed by atoms with E-state index in [2.05, 4.69) is 10.0 Å². The third-order valence-corrected chi connectivity index (χ3v) is 5.99. The monoisotopic (exact) mass is 440 g/mol. The molecule has 2 aromatic rings. The summed E-state index contributed by atoms with van der Waals surface area (Å²) in [5.41, 5.74) is -0.364. The highest BCUT2D eigenvalue weighted by atomic mass is 32.2. The molecule has 9 heteroatoms. The van der Waals surface area contributed by atoms with Crippen LogP contribution in [0, 0.1) is 0 Å². The second-order valence-corrected chi connectivity index (χ2v) is 9.18. The Balaban J connectivity index is 2.01. The molecule has 5 nitrogen and oxygen atoms in total. The van der Waals surface area contributed by atoms with Crippen LogP contribution in [0.25, 0.3) is 6.08 Å². The summed E-state index contributed by atoms with van der Waals surface area (Å²) in [5, 5.41) is 2.68. The Labute approximate surface area is 174 Å². The highest BCUT2D eigenvalue weighted by molar-refractivity contribution is 7.89. The van der Waals surface area contributed by atoms with Crippen LogP contribution in [-0.2, 0) is 26.4 Å². The molecule has 0 radical (unpaired) electrons. The van der Waals surface area contributed by atoms with Crippen molar-refractivity contribution in [2.45, 2.75) is 30.3 Å². The number of sulfonamides is 1. The molecule has 2 aromatic carbocycles. The number of hydrogen-bond donors (Lipinski definition) is 2. The van der Waals surface area contributed by atoms with E-state index < -0.39 is 33.1 Å². The third-order valence-electron chi connectivity index (χ3n) is 4.56. The molecule has 1 amide bonds. The minimum Gasteiger partial charge on any atom is -0.352 e. The lowest BCUT2D eigenvalue weighted by Crippen LogP contribution is -2.36. The first kappa shape index (κ1) is 23.6. The first-order valence-corrected chi connectivity index (χ1v) is 10.5. The van der Waals surface area contributed by atoms with Gasteiger partial charge in [0.2, 0.25) is 15.9 Å². The number of hydrogen-bond acceptors (Lipinski definition) is 3. The summed E-state index contributed by atoms with van der Waals surface area (Å²) in [4.78, 5) is 12.2. The number of alkyl halides is 3. The molecule has 0 atom stereocenters. The smallest absolute Gasteiger partial charge is 0.352 e. The van der Waals surface area contributed by atoms with Gasteiger partial charge in [0.15, 0.2) is 0 Å². The molecule has 2 rings (SSSR count). The Hall–Kier alpha value is -2.65. The molecule has 0 saturated carbocycles. The fourth-order valence-electron chi connectivity index (χ4n) is 2.63. The molecule has 0 spiro atoms. The molecule has 0 bridgehead atoms. The van der Waals surface area contributed by atoms with Crippen molar-refractivity contribution in [2.24, 2.45) is 0 Å². The van der Waals surface area contributed by atoms with Gasteiger partial charge in [0.1, 0.15) is 0 Å². The zero-order valence-electron chi connectivity index (χ0n) is 16.7. The molecule has 0 fully saturated rings. The topological polar surface area (TPSA) is 75.3 Å². The van der Waals surface area contributed by atoms with Crippen LogP contribution in [-0.4, -0.2) is 27.9 Å². The second kappa shape index (κ2) is 9.01. The van der Waals surface area contributed by atoms with Gasteiger partial charge in [-0.2, -0.15) is 13.2 Å². The number of rotatable bonds is 7. The fourth-order valence-corrected chi connectivity index (χ4v) is 3.36. The van der Waals surface area contributed by atoms with E-state index in [1.54, 1.807) is 32.0 Å². The van der Waals surface area contributed by atoms with Crippen LogP contribution in [0.3, 0.4) is 0 Å². The van der Waals surface area contributed by atoms with Crippen LogP contribution >= 0.6 is 0 Å². The average molecular weight is 440 g/mol. The Kier molecular flexibility index (Phi) is 7.10. The molecule has 0 aromatic heterocycles. The van der Waals surface area contributed by atoms with E-state index in [4.69, 9.17) is 0 Å². The van der Waals surface area contributed by atoms with Gasteiger partial charge in [0, 0.05) is 18.0 Å². The summed E-state index contributed by atoms with van der Waals surface area (Å²) in [6, 6.07) is 11.0. The molecule has 0 saturated heterocycles. The van der Waals surface area contributed by atoms with Gasteiger partial charge >= 0.3 is 6.18 Å². The van der Waals surface area contributed by atoms with Crippen molar-refractivity contribution >= 4 is 22.0 Å². The van der Waals surface area contributed by atoms with Crippen molar-refractivity contribution in [1.29, 1.82) is 0 Å². The van der Waals surface area contributed by atoms with Gasteiger partial charge in [0.25, 0.3) is 0 Å². The van der Waals surface area contributed by atoms with Crippen LogP contribution in [0.2, 0.25) is 0 Å². The zero-order valence-corrected chi connectivity index (χ0v) is 17.6. The largest absolute Gasteiger partial charge is 0.416 e. The molecule has 30 heavy (non-hydrogen) atoms. The number of nitrogens with one attached hydrogen (secondary N) is 2. The van der Waals surface area contributed by atoms with Gasteiger partial charge in [-0.3, -0.25) is 4.79 Å². The highest BCUT2D eigenvalue weighted by Gasteiger charge is 2.32. The molecular formula is C21H23F3N2O3S. The van der Waals surface area contributed by atoms with E-state index in [9.17, 15) is 26.4 Å². The maximum Gasteiger partial charge on any atom is 0.416 e. The summed E-state index contributed by atoms with van der Waals surface area (Å²) in [6.07, 6.45) is -1.63. The lowest BCUT2D eigenvalue weighted by Gasteiger charge is -2.26. The van der Waals surface area contributed by atoms with E-state index in [-0.39, 0.29) is 11.4 Å². The number of benzene rings is 2. The number of amides is 1. The van der Waals surface area contributed by atoms with Crippen LogP contribution < -0.4 is 10.0 Å². The summed E-state index contributed by atoms with van der Waals surface area (Å²) in [5.74, 6) is -0.415. The van der Waals surface area contributed by atoms with Crippen molar-refractivity contribution in [3.8, 4) is 0 Å². The molecule has 2 N–H and O–H groups in total. The van der Waals surface area contributed by atoms with Crippen molar-refractivity contribution in [2.75, 3.05) is 13.6 Å². The molecular weight excluding hydrogens is 417 g/mol. The summed E-state index contributed by atoms with van der Waals surface area (Å²) >= 11 is 0. The van der Waals surface area contributed by atoms with Crippen molar-refractivity contribution in [1.82, 2.24) is 10.0 Å². The second-order valence-electron chi connectivity index (χ2n) is 7.29. The van der Waals surface area contributed by atoms with Crippen molar-refractivity contribution in [3.63, 3.8) is 0 Å². The maximum absolute atomic E-state index is 12.9. The normalized spacial score (nSPS) is 12.9. The lowest BCUT2D eigenvalue weighted by atomic mass is 9.83. The standard InChI is InChI=1S/C21H23F3N2O3S/c1-20(2,16-5-4-6-17(13-16)21(22,23)24)14-26-19(27)12-9-15-7-10-18(11-8-15)30(28,29)25-3/h4-13,25H,14H2,1-3H3,(H,26,27)/b12-9+. The highest BCUT2D eigenvalue weighted by Crippen LogP contribution is 2.32. The van der Waals surface area contributed by atoms with Crippen LogP contribution in [0.5, 0.6) is 0 Å². The number of carbonyl (C=O) groups excluding carboxylic acids is 1. The van der Waals surface area contributed by atoms with Gasteiger partial charge < -0.3 is 5.32 Å². The Morgan fingerprint density at radius 2 is 1.63 bits per heavy atom. The SMILES string of the molecule is CNS(=O)(=O)c1ccc(/C=C/C(=O)NCC(C)(C)c2cccc(C(F)(F)F)c2)cc1. The first-order chi connectivity index (χ1) is 13.8. The average Bonchev–Trinajstić information content (AvgIpc) is 2.70. The minimum absolute atomic E-state index is 0.106. The van der Waals surface area contributed by atoms with E-state index in [0.29, 0.717) is 11.1 Å². The van der Waals surface area contributed by atoms with Crippen LogP contribution in [0.15, 0.2) is 59.5 Å². The Morgan fingerprint density at radius 1 is 1.03 bits per heavy atom. The molecule has 0 aliphatic carbocycles. The Morgan fingerprint density at radius 3 is 2.20 bits per heavy atom. The van der Waals surface area contributed by atoms with E-state index in [0.717, 1.165) is 12.1 Å². The van der Waals surface area contributed by atoms with E-state index in [1.807, 2.05) is 0 Å². The van der Waals surface area contributed by atoms with Gasteiger partial charge in [0.05, 0.1) is 10.5 Å². The number of halogens is 3. The van der Waals surface area contributed by atoms with E-state index in [1.165, 1.54) is 37.4 Å². The molecule has 0 heterocycles. The predicted molar refractivity (Wildman–Crippen MR) is 109 cm³/mol. The Bertz CT molecular complexity index is 1030. The van der Waals surface area contributed by atoms with E-state index >= 15 is 0 Å². The van der Waals surface area contributed by atoms with Crippen molar-refractivity contribution < 1.29 is 26.4 Å².